The molecule has 2 amide bonds. The molecule has 1 atom stereocenters. The number of nitrogens with one attached hydrogen (secondary N) is 2. The molecule has 0 bridgehead atoms. The molecule has 5 heteroatoms. The van der Waals surface area contributed by atoms with E-state index in [1.165, 1.54) is 12.8 Å². The standard InChI is InChI=1S/C13H26N2O3/c1-3-4-5-6-9-14-13(18)15-10-7-8-11(2)12(16)17/h11H,3-10H2,1-2H3,(H,16,17)(H2,14,15,18). The minimum absolute atomic E-state index is 0.158. The number of carboxylic acids is 1. The van der Waals surface area contributed by atoms with E-state index in [2.05, 4.69) is 17.6 Å². The largest absolute Gasteiger partial charge is 0.481 e. The van der Waals surface area contributed by atoms with Crippen molar-refractivity contribution in [2.75, 3.05) is 13.1 Å². The topological polar surface area (TPSA) is 78.4 Å². The highest BCUT2D eigenvalue weighted by Crippen LogP contribution is 2.04. The van der Waals surface area contributed by atoms with Gasteiger partial charge in [0.05, 0.1) is 5.92 Å². The van der Waals surface area contributed by atoms with Gasteiger partial charge in [0.2, 0.25) is 0 Å². The van der Waals surface area contributed by atoms with E-state index in [0.29, 0.717) is 25.9 Å². The smallest absolute Gasteiger partial charge is 0.314 e. The summed E-state index contributed by atoms with van der Waals surface area (Å²) in [4.78, 5) is 21.9. The van der Waals surface area contributed by atoms with E-state index in [1.807, 2.05) is 0 Å². The van der Waals surface area contributed by atoms with Crippen LogP contribution in [0, 0.1) is 5.92 Å². The molecule has 0 aromatic rings. The Bertz CT molecular complexity index is 244. The van der Waals surface area contributed by atoms with Gasteiger partial charge in [0.1, 0.15) is 0 Å². The third kappa shape index (κ3) is 9.93. The Balaban J connectivity index is 3.34. The Morgan fingerprint density at radius 3 is 2.22 bits per heavy atom. The molecule has 0 radical (unpaired) electrons. The second-order valence-corrected chi connectivity index (χ2v) is 4.62. The minimum atomic E-state index is -0.782. The van der Waals surface area contributed by atoms with Gasteiger partial charge in [-0.15, -0.1) is 0 Å². The first-order valence-corrected chi connectivity index (χ1v) is 6.82. The van der Waals surface area contributed by atoms with Crippen LogP contribution >= 0.6 is 0 Å². The summed E-state index contributed by atoms with van der Waals surface area (Å²) in [6, 6.07) is -0.158. The van der Waals surface area contributed by atoms with Crippen LogP contribution in [0.1, 0.15) is 52.4 Å². The molecule has 0 heterocycles. The van der Waals surface area contributed by atoms with E-state index in [0.717, 1.165) is 12.8 Å². The average Bonchev–Trinajstić information content (AvgIpc) is 2.34. The highest BCUT2D eigenvalue weighted by molar-refractivity contribution is 5.73. The maximum Gasteiger partial charge on any atom is 0.314 e. The zero-order chi connectivity index (χ0) is 13.8. The van der Waals surface area contributed by atoms with Crippen molar-refractivity contribution in [3.8, 4) is 0 Å². The van der Waals surface area contributed by atoms with Crippen LogP contribution in [-0.2, 0) is 4.79 Å². The van der Waals surface area contributed by atoms with E-state index in [9.17, 15) is 9.59 Å². The van der Waals surface area contributed by atoms with Gasteiger partial charge in [0, 0.05) is 13.1 Å². The van der Waals surface area contributed by atoms with Gasteiger partial charge < -0.3 is 15.7 Å². The van der Waals surface area contributed by atoms with Crippen LogP contribution in [0.5, 0.6) is 0 Å². The van der Waals surface area contributed by atoms with Gasteiger partial charge >= 0.3 is 12.0 Å². The predicted octanol–water partition coefficient (Wildman–Crippen LogP) is 2.37. The number of carbonyl (C=O) groups excluding carboxylic acids is 1. The van der Waals surface area contributed by atoms with Crippen molar-refractivity contribution in [3.63, 3.8) is 0 Å². The van der Waals surface area contributed by atoms with Crippen LogP contribution in [0.4, 0.5) is 4.79 Å². The highest BCUT2D eigenvalue weighted by atomic mass is 16.4. The number of aliphatic carboxylic acids is 1. The van der Waals surface area contributed by atoms with Gasteiger partial charge in [-0.3, -0.25) is 4.79 Å². The maximum absolute atomic E-state index is 11.3. The zero-order valence-electron chi connectivity index (χ0n) is 11.5. The second kappa shape index (κ2) is 10.9. The first-order valence-electron chi connectivity index (χ1n) is 6.82. The molecule has 1 unspecified atom stereocenters. The monoisotopic (exact) mass is 258 g/mol. The van der Waals surface area contributed by atoms with Gasteiger partial charge in [-0.1, -0.05) is 33.1 Å². The fourth-order valence-corrected chi connectivity index (χ4v) is 1.55. The Labute approximate surface area is 109 Å². The number of carboxylic acid groups (broad SMARTS) is 1. The molecular weight excluding hydrogens is 232 g/mol. The van der Waals surface area contributed by atoms with Crippen LogP contribution in [-0.4, -0.2) is 30.2 Å². The number of urea groups is 1. The maximum atomic E-state index is 11.3. The molecular formula is C13H26N2O3. The van der Waals surface area contributed by atoms with Crippen LogP contribution in [0.3, 0.4) is 0 Å². The molecule has 0 aromatic carbocycles. The summed E-state index contributed by atoms with van der Waals surface area (Å²) in [5.74, 6) is -1.13. The summed E-state index contributed by atoms with van der Waals surface area (Å²) in [7, 11) is 0. The van der Waals surface area contributed by atoms with Gasteiger partial charge in [0.15, 0.2) is 0 Å². The van der Waals surface area contributed by atoms with E-state index >= 15 is 0 Å². The lowest BCUT2D eigenvalue weighted by Crippen LogP contribution is -2.36. The first-order chi connectivity index (χ1) is 8.57. The van der Waals surface area contributed by atoms with Gasteiger partial charge in [-0.05, 0) is 19.3 Å². The summed E-state index contributed by atoms with van der Waals surface area (Å²) in [6.07, 6.45) is 5.83. The molecule has 3 N–H and O–H groups in total. The molecule has 0 saturated carbocycles. The van der Waals surface area contributed by atoms with Crippen molar-refractivity contribution < 1.29 is 14.7 Å². The number of unbranched alkanes of at least 4 members (excludes halogenated alkanes) is 3. The Kier molecular flexibility index (Phi) is 10.1. The van der Waals surface area contributed by atoms with E-state index in [4.69, 9.17) is 5.11 Å². The molecule has 0 aliphatic carbocycles. The minimum Gasteiger partial charge on any atom is -0.481 e. The van der Waals surface area contributed by atoms with Gasteiger partial charge in [0.25, 0.3) is 0 Å². The van der Waals surface area contributed by atoms with E-state index in [1.54, 1.807) is 6.92 Å². The summed E-state index contributed by atoms with van der Waals surface area (Å²) < 4.78 is 0. The van der Waals surface area contributed by atoms with Crippen LogP contribution in [0.2, 0.25) is 0 Å². The normalized spacial score (nSPS) is 11.9. The zero-order valence-corrected chi connectivity index (χ0v) is 11.5. The quantitative estimate of drug-likeness (QED) is 0.526. The summed E-state index contributed by atoms with van der Waals surface area (Å²) in [5.41, 5.74) is 0. The third-order valence-electron chi connectivity index (χ3n) is 2.84. The van der Waals surface area contributed by atoms with Crippen molar-refractivity contribution in [3.05, 3.63) is 0 Å². The van der Waals surface area contributed by atoms with E-state index in [-0.39, 0.29) is 11.9 Å². The molecule has 0 aromatic heterocycles. The SMILES string of the molecule is CCCCCCNC(=O)NCCCC(C)C(=O)O. The number of rotatable bonds is 10. The fraction of sp³-hybridized carbons (Fsp3) is 0.846. The molecule has 0 spiro atoms. The molecule has 0 fully saturated rings. The third-order valence-corrected chi connectivity index (χ3v) is 2.84. The predicted molar refractivity (Wildman–Crippen MR) is 71.6 cm³/mol. The lowest BCUT2D eigenvalue weighted by Gasteiger charge is -2.08. The van der Waals surface area contributed by atoms with Gasteiger partial charge in [-0.2, -0.15) is 0 Å². The molecule has 0 aliphatic rings. The Morgan fingerprint density at radius 2 is 1.67 bits per heavy atom. The van der Waals surface area contributed by atoms with Crippen LogP contribution < -0.4 is 10.6 Å². The molecule has 0 rings (SSSR count). The van der Waals surface area contributed by atoms with Crippen molar-refractivity contribution in [1.82, 2.24) is 10.6 Å². The van der Waals surface area contributed by atoms with Gasteiger partial charge in [-0.25, -0.2) is 4.79 Å². The lowest BCUT2D eigenvalue weighted by molar-refractivity contribution is -0.141. The van der Waals surface area contributed by atoms with Crippen molar-refractivity contribution in [2.24, 2.45) is 5.92 Å². The van der Waals surface area contributed by atoms with E-state index < -0.39 is 5.97 Å². The summed E-state index contributed by atoms with van der Waals surface area (Å²) in [5, 5.41) is 14.2. The number of amides is 2. The number of hydrogen-bond acceptors (Lipinski definition) is 2. The molecule has 5 nitrogen and oxygen atoms in total. The van der Waals surface area contributed by atoms with Crippen LogP contribution in [0.15, 0.2) is 0 Å². The average molecular weight is 258 g/mol. The fourth-order valence-electron chi connectivity index (χ4n) is 1.55. The van der Waals surface area contributed by atoms with Crippen LogP contribution in [0.25, 0.3) is 0 Å². The summed E-state index contributed by atoms with van der Waals surface area (Å²) >= 11 is 0. The molecule has 0 saturated heterocycles. The summed E-state index contributed by atoms with van der Waals surface area (Å²) in [6.45, 7) is 5.06. The van der Waals surface area contributed by atoms with Crippen molar-refractivity contribution in [1.29, 1.82) is 0 Å². The molecule has 18 heavy (non-hydrogen) atoms. The molecule has 106 valence electrons. The first kappa shape index (κ1) is 16.7. The van der Waals surface area contributed by atoms with Crippen molar-refractivity contribution in [2.45, 2.75) is 52.4 Å². The number of hydrogen-bond donors (Lipinski definition) is 3. The highest BCUT2D eigenvalue weighted by Gasteiger charge is 2.09. The second-order valence-electron chi connectivity index (χ2n) is 4.62. The van der Waals surface area contributed by atoms with Crippen molar-refractivity contribution >= 4 is 12.0 Å². The lowest BCUT2D eigenvalue weighted by atomic mass is 10.1. The number of carbonyl (C=O) groups is 2. The Hall–Kier alpha value is -1.26. The molecule has 0 aliphatic heterocycles. The Morgan fingerprint density at radius 1 is 1.06 bits per heavy atom.